The minimum absolute atomic E-state index is 0.0556. The van der Waals surface area contributed by atoms with Crippen molar-refractivity contribution in [2.24, 2.45) is 5.73 Å². The van der Waals surface area contributed by atoms with Crippen molar-refractivity contribution in [2.45, 2.75) is 64.3 Å². The number of hydrogen-bond acceptors (Lipinski definition) is 5. The van der Waals surface area contributed by atoms with Gasteiger partial charge in [-0.15, -0.1) is 0 Å². The van der Waals surface area contributed by atoms with Crippen LogP contribution in [-0.2, 0) is 17.6 Å². The lowest BCUT2D eigenvalue weighted by Gasteiger charge is -2.22. The van der Waals surface area contributed by atoms with Crippen LogP contribution >= 0.6 is 0 Å². The Kier molecular flexibility index (Phi) is 6.18. The van der Waals surface area contributed by atoms with Gasteiger partial charge in [0.15, 0.2) is 11.6 Å². The van der Waals surface area contributed by atoms with Crippen molar-refractivity contribution in [3.05, 3.63) is 46.2 Å². The highest BCUT2D eigenvalue weighted by Crippen LogP contribution is 2.37. The summed E-state index contributed by atoms with van der Waals surface area (Å²) in [5.41, 5.74) is 9.75. The number of aromatic nitrogens is 2. The zero-order valence-corrected chi connectivity index (χ0v) is 18.0. The van der Waals surface area contributed by atoms with Gasteiger partial charge < -0.3 is 10.6 Å². The average Bonchev–Trinajstić information content (AvgIpc) is 3.38. The van der Waals surface area contributed by atoms with Crippen LogP contribution in [0.2, 0.25) is 0 Å². The molecule has 1 aromatic heterocycles. The Labute approximate surface area is 181 Å². The summed E-state index contributed by atoms with van der Waals surface area (Å²) in [5, 5.41) is 2.79. The SMILES string of the molecule is CCc1c(C)nc(NC(=O)CC(N)C2CCc3cc(F)c(F)cc32)nc1N1CCCC1. The molecular formula is C23H29F2N5O. The van der Waals surface area contributed by atoms with Crippen LogP contribution in [0.15, 0.2) is 12.1 Å². The summed E-state index contributed by atoms with van der Waals surface area (Å²) >= 11 is 0. The van der Waals surface area contributed by atoms with Crippen molar-refractivity contribution in [1.29, 1.82) is 0 Å². The molecule has 2 unspecified atom stereocenters. The summed E-state index contributed by atoms with van der Waals surface area (Å²) in [6.45, 7) is 5.93. The molecule has 0 saturated carbocycles. The maximum atomic E-state index is 13.7. The molecule has 8 heteroatoms. The molecule has 4 rings (SSSR count). The van der Waals surface area contributed by atoms with E-state index in [-0.39, 0.29) is 24.2 Å². The lowest BCUT2D eigenvalue weighted by atomic mass is 9.91. The van der Waals surface area contributed by atoms with E-state index in [4.69, 9.17) is 5.73 Å². The molecule has 6 nitrogen and oxygen atoms in total. The molecule has 1 fully saturated rings. The minimum Gasteiger partial charge on any atom is -0.356 e. The number of halogens is 2. The molecule has 166 valence electrons. The van der Waals surface area contributed by atoms with Crippen molar-refractivity contribution in [3.63, 3.8) is 0 Å². The second-order valence-electron chi connectivity index (χ2n) is 8.51. The summed E-state index contributed by atoms with van der Waals surface area (Å²) in [6, 6.07) is 1.96. The van der Waals surface area contributed by atoms with E-state index in [0.29, 0.717) is 18.4 Å². The Bertz CT molecular complexity index is 990. The molecule has 2 aliphatic rings. The van der Waals surface area contributed by atoms with Crippen LogP contribution in [-0.4, -0.2) is 35.0 Å². The molecule has 1 aliphatic carbocycles. The number of hydrogen-bond donors (Lipinski definition) is 2. The van der Waals surface area contributed by atoms with Crippen LogP contribution in [0, 0.1) is 18.6 Å². The summed E-state index contributed by atoms with van der Waals surface area (Å²) < 4.78 is 27.2. The standard InChI is InChI=1S/C23H29F2N5O/c1-3-15-13(2)27-23(29-22(15)30-8-4-5-9-30)28-21(31)12-20(26)16-7-6-14-10-18(24)19(25)11-17(14)16/h10-11,16,20H,3-9,12,26H2,1-2H3,(H,27,28,29,31). The number of nitrogens with two attached hydrogens (primary N) is 1. The summed E-state index contributed by atoms with van der Waals surface area (Å²) in [6.07, 6.45) is 4.46. The van der Waals surface area contributed by atoms with E-state index in [1.807, 2.05) is 6.92 Å². The van der Waals surface area contributed by atoms with Gasteiger partial charge in [-0.2, -0.15) is 4.98 Å². The number of aryl methyl sites for hydroxylation is 2. The third-order valence-corrected chi connectivity index (χ3v) is 6.45. The highest BCUT2D eigenvalue weighted by atomic mass is 19.2. The smallest absolute Gasteiger partial charge is 0.231 e. The first-order valence-corrected chi connectivity index (χ1v) is 11.0. The third kappa shape index (κ3) is 4.39. The number of fused-ring (bicyclic) bond motifs is 1. The van der Waals surface area contributed by atoms with E-state index in [1.54, 1.807) is 0 Å². The summed E-state index contributed by atoms with van der Waals surface area (Å²) in [7, 11) is 0. The van der Waals surface area contributed by atoms with Crippen LogP contribution < -0.4 is 16.0 Å². The molecule has 2 heterocycles. The molecular weight excluding hydrogens is 400 g/mol. The molecule has 2 atom stereocenters. The van der Waals surface area contributed by atoms with E-state index in [9.17, 15) is 13.6 Å². The first kappa shape index (κ1) is 21.6. The molecule has 0 spiro atoms. The van der Waals surface area contributed by atoms with Gasteiger partial charge in [0.1, 0.15) is 5.82 Å². The van der Waals surface area contributed by atoms with Gasteiger partial charge in [-0.1, -0.05) is 6.92 Å². The predicted octanol–water partition coefficient (Wildman–Crippen LogP) is 3.61. The Morgan fingerprint density at radius 2 is 1.97 bits per heavy atom. The Balaban J connectivity index is 1.47. The van der Waals surface area contributed by atoms with Crippen molar-refractivity contribution < 1.29 is 13.6 Å². The van der Waals surface area contributed by atoms with Crippen LogP contribution in [0.4, 0.5) is 20.5 Å². The molecule has 1 aromatic carbocycles. The van der Waals surface area contributed by atoms with Gasteiger partial charge in [-0.05, 0) is 62.3 Å². The Morgan fingerprint density at radius 1 is 1.26 bits per heavy atom. The Morgan fingerprint density at radius 3 is 2.68 bits per heavy atom. The summed E-state index contributed by atoms with van der Waals surface area (Å²) in [5.74, 6) is -0.997. The molecule has 3 N–H and O–H groups in total. The lowest BCUT2D eigenvalue weighted by molar-refractivity contribution is -0.116. The van der Waals surface area contributed by atoms with Crippen LogP contribution in [0.5, 0.6) is 0 Å². The number of rotatable bonds is 6. The van der Waals surface area contributed by atoms with E-state index < -0.39 is 17.7 Å². The fraction of sp³-hybridized carbons (Fsp3) is 0.522. The number of benzene rings is 1. The maximum Gasteiger partial charge on any atom is 0.231 e. The van der Waals surface area contributed by atoms with E-state index in [0.717, 1.165) is 55.0 Å². The molecule has 1 aliphatic heterocycles. The molecule has 1 saturated heterocycles. The van der Waals surface area contributed by atoms with Crippen molar-refractivity contribution in [1.82, 2.24) is 9.97 Å². The topological polar surface area (TPSA) is 84.1 Å². The number of amides is 1. The minimum atomic E-state index is -0.878. The molecule has 0 radical (unpaired) electrons. The van der Waals surface area contributed by atoms with Crippen LogP contribution in [0.1, 0.15) is 60.9 Å². The second-order valence-corrected chi connectivity index (χ2v) is 8.51. The van der Waals surface area contributed by atoms with Gasteiger partial charge in [-0.3, -0.25) is 10.1 Å². The second kappa shape index (κ2) is 8.86. The van der Waals surface area contributed by atoms with Crippen molar-refractivity contribution >= 4 is 17.7 Å². The normalized spacial score (nSPS) is 18.9. The third-order valence-electron chi connectivity index (χ3n) is 6.45. The van der Waals surface area contributed by atoms with Gasteiger partial charge in [0.05, 0.1) is 0 Å². The number of nitrogens with zero attached hydrogens (tertiary/aromatic N) is 3. The van der Waals surface area contributed by atoms with Gasteiger partial charge in [0.25, 0.3) is 0 Å². The highest BCUT2D eigenvalue weighted by molar-refractivity contribution is 5.89. The van der Waals surface area contributed by atoms with Gasteiger partial charge in [0.2, 0.25) is 11.9 Å². The molecule has 0 bridgehead atoms. The zero-order chi connectivity index (χ0) is 22.1. The monoisotopic (exact) mass is 429 g/mol. The number of nitrogens with one attached hydrogen (secondary N) is 1. The van der Waals surface area contributed by atoms with Gasteiger partial charge in [-0.25, -0.2) is 13.8 Å². The van der Waals surface area contributed by atoms with E-state index >= 15 is 0 Å². The van der Waals surface area contributed by atoms with Gasteiger partial charge in [0, 0.05) is 42.7 Å². The molecule has 2 aromatic rings. The zero-order valence-electron chi connectivity index (χ0n) is 18.0. The lowest BCUT2D eigenvalue weighted by Crippen LogP contribution is -2.32. The number of carbonyl (C=O) groups is 1. The van der Waals surface area contributed by atoms with Crippen LogP contribution in [0.25, 0.3) is 0 Å². The van der Waals surface area contributed by atoms with Gasteiger partial charge >= 0.3 is 0 Å². The predicted molar refractivity (Wildman–Crippen MR) is 116 cm³/mol. The molecule has 1 amide bonds. The van der Waals surface area contributed by atoms with E-state index in [1.165, 1.54) is 12.1 Å². The fourth-order valence-electron chi connectivity index (χ4n) is 4.85. The average molecular weight is 430 g/mol. The van der Waals surface area contributed by atoms with Crippen molar-refractivity contribution in [3.8, 4) is 0 Å². The maximum absolute atomic E-state index is 13.7. The quantitative estimate of drug-likeness (QED) is 0.733. The largest absolute Gasteiger partial charge is 0.356 e. The first-order chi connectivity index (χ1) is 14.9. The summed E-state index contributed by atoms with van der Waals surface area (Å²) in [4.78, 5) is 24.1. The first-order valence-electron chi connectivity index (χ1n) is 11.0. The Hall–Kier alpha value is -2.61. The van der Waals surface area contributed by atoms with E-state index in [2.05, 4.69) is 27.1 Å². The highest BCUT2D eigenvalue weighted by Gasteiger charge is 2.30. The van der Waals surface area contributed by atoms with Crippen molar-refractivity contribution in [2.75, 3.05) is 23.3 Å². The number of anilines is 2. The molecule has 31 heavy (non-hydrogen) atoms. The number of carbonyl (C=O) groups excluding carboxylic acids is 1. The van der Waals surface area contributed by atoms with Crippen LogP contribution in [0.3, 0.4) is 0 Å². The fourth-order valence-corrected chi connectivity index (χ4v) is 4.85.